The zero-order chi connectivity index (χ0) is 18.3. The molecule has 0 aromatic heterocycles. The highest BCUT2D eigenvalue weighted by molar-refractivity contribution is 6.42. The van der Waals surface area contributed by atoms with Crippen LogP contribution in [0.5, 0.6) is 0 Å². The van der Waals surface area contributed by atoms with Gasteiger partial charge in [-0.2, -0.15) is 0 Å². The molecule has 0 aliphatic heterocycles. The van der Waals surface area contributed by atoms with Crippen molar-refractivity contribution < 1.29 is 23.9 Å². The van der Waals surface area contributed by atoms with Gasteiger partial charge in [-0.1, -0.05) is 23.2 Å². The van der Waals surface area contributed by atoms with Crippen LogP contribution in [-0.2, 0) is 23.9 Å². The Morgan fingerprint density at radius 2 is 1.79 bits per heavy atom. The summed E-state index contributed by atoms with van der Waals surface area (Å²) in [6.07, 6.45) is -0.325. The summed E-state index contributed by atoms with van der Waals surface area (Å²) >= 11 is 11.7. The first-order chi connectivity index (χ1) is 11.3. The van der Waals surface area contributed by atoms with Crippen LogP contribution in [0.15, 0.2) is 18.2 Å². The third kappa shape index (κ3) is 5.90. The summed E-state index contributed by atoms with van der Waals surface area (Å²) in [6.45, 7) is 1.59. The lowest BCUT2D eigenvalue weighted by Crippen LogP contribution is -2.48. The Morgan fingerprint density at radius 1 is 1.12 bits per heavy atom. The maximum absolute atomic E-state index is 12.2. The molecule has 9 heteroatoms. The second-order valence-corrected chi connectivity index (χ2v) is 5.67. The third-order valence-electron chi connectivity index (χ3n) is 3.10. The Labute approximate surface area is 149 Å². The molecule has 1 amide bonds. The number of amides is 1. The molecule has 1 aromatic rings. The van der Waals surface area contributed by atoms with E-state index in [1.807, 2.05) is 0 Å². The van der Waals surface area contributed by atoms with Crippen molar-refractivity contribution in [3.63, 3.8) is 0 Å². The Hall–Kier alpha value is -1.99. The summed E-state index contributed by atoms with van der Waals surface area (Å²) in [5.41, 5.74) is 0.578. The molecular weight excluding hydrogens is 359 g/mol. The zero-order valence-electron chi connectivity index (χ0n) is 13.4. The van der Waals surface area contributed by atoms with Gasteiger partial charge in [0, 0.05) is 5.69 Å². The number of methoxy groups -OCH3 is 2. The number of nitrogens with one attached hydrogen (secondary N) is 2. The largest absolute Gasteiger partial charge is 0.469 e. The molecule has 2 atom stereocenters. The first-order valence-corrected chi connectivity index (χ1v) is 7.70. The smallest absolute Gasteiger partial charge is 0.328 e. The number of ether oxygens (including phenoxy) is 2. The number of hydrogen-bond donors (Lipinski definition) is 2. The highest BCUT2D eigenvalue weighted by Crippen LogP contribution is 2.25. The monoisotopic (exact) mass is 376 g/mol. The minimum atomic E-state index is -1.13. The highest BCUT2D eigenvalue weighted by Gasteiger charge is 2.27. The number of benzene rings is 1. The molecule has 1 aromatic carbocycles. The minimum absolute atomic E-state index is 0.325. The number of carbonyl (C=O) groups is 3. The van der Waals surface area contributed by atoms with Crippen molar-refractivity contribution in [3.05, 3.63) is 28.2 Å². The molecule has 1 rings (SSSR count). The standard InChI is InChI=1S/C15H18Cl2N2O5/c1-8(18-9-4-5-10(16)11(17)6-9)14(21)19-12(15(22)24-3)7-13(20)23-2/h4-6,8,12,18H,7H2,1-3H3,(H,19,21)/t8-,12-/m0/s1. The minimum Gasteiger partial charge on any atom is -0.469 e. The van der Waals surface area contributed by atoms with Gasteiger partial charge >= 0.3 is 11.9 Å². The van der Waals surface area contributed by atoms with E-state index in [1.165, 1.54) is 7.11 Å². The molecule has 0 unspecified atom stereocenters. The van der Waals surface area contributed by atoms with E-state index in [4.69, 9.17) is 23.2 Å². The van der Waals surface area contributed by atoms with Crippen LogP contribution in [0.3, 0.4) is 0 Å². The van der Waals surface area contributed by atoms with E-state index in [1.54, 1.807) is 25.1 Å². The Balaban J connectivity index is 2.73. The molecule has 0 heterocycles. The van der Waals surface area contributed by atoms with Gasteiger partial charge in [0.1, 0.15) is 12.1 Å². The van der Waals surface area contributed by atoms with Crippen LogP contribution in [-0.4, -0.2) is 44.1 Å². The van der Waals surface area contributed by atoms with Crippen molar-refractivity contribution in [2.24, 2.45) is 0 Å². The average Bonchev–Trinajstić information content (AvgIpc) is 2.56. The lowest BCUT2D eigenvalue weighted by atomic mass is 10.2. The van der Waals surface area contributed by atoms with Gasteiger partial charge in [-0.05, 0) is 25.1 Å². The molecule has 24 heavy (non-hydrogen) atoms. The molecule has 0 spiro atoms. The SMILES string of the molecule is COC(=O)C[C@H](NC(=O)[C@H](C)Nc1ccc(Cl)c(Cl)c1)C(=O)OC. The summed E-state index contributed by atoms with van der Waals surface area (Å²) in [5, 5.41) is 6.09. The van der Waals surface area contributed by atoms with Crippen molar-refractivity contribution in [2.45, 2.75) is 25.4 Å². The number of rotatable bonds is 7. The van der Waals surface area contributed by atoms with E-state index in [-0.39, 0.29) is 6.42 Å². The number of anilines is 1. The van der Waals surface area contributed by atoms with Gasteiger partial charge in [0.05, 0.1) is 30.7 Å². The van der Waals surface area contributed by atoms with Gasteiger partial charge in [0.25, 0.3) is 0 Å². The van der Waals surface area contributed by atoms with Crippen LogP contribution in [0.4, 0.5) is 5.69 Å². The Bertz CT molecular complexity index is 624. The van der Waals surface area contributed by atoms with Crippen LogP contribution in [0.1, 0.15) is 13.3 Å². The van der Waals surface area contributed by atoms with Gasteiger partial charge in [-0.3, -0.25) is 9.59 Å². The number of esters is 2. The molecule has 7 nitrogen and oxygen atoms in total. The van der Waals surface area contributed by atoms with E-state index in [0.717, 1.165) is 7.11 Å². The number of hydrogen-bond acceptors (Lipinski definition) is 6. The summed E-state index contributed by atoms with van der Waals surface area (Å²) in [6, 6.07) is 2.98. The molecule has 2 N–H and O–H groups in total. The summed E-state index contributed by atoms with van der Waals surface area (Å²) in [5.74, 6) is -1.88. The van der Waals surface area contributed by atoms with Crippen LogP contribution >= 0.6 is 23.2 Å². The molecule has 0 aliphatic carbocycles. The molecule has 0 saturated carbocycles. The number of carbonyl (C=O) groups excluding carboxylic acids is 3. The van der Waals surface area contributed by atoms with Crippen LogP contribution in [0.2, 0.25) is 10.0 Å². The van der Waals surface area contributed by atoms with Gasteiger partial charge < -0.3 is 20.1 Å². The van der Waals surface area contributed by atoms with E-state index in [9.17, 15) is 14.4 Å². The Kier molecular flexibility index (Phi) is 7.81. The van der Waals surface area contributed by atoms with E-state index in [0.29, 0.717) is 15.7 Å². The average molecular weight is 377 g/mol. The lowest BCUT2D eigenvalue weighted by Gasteiger charge is -2.20. The topological polar surface area (TPSA) is 93.7 Å². The molecule has 0 aliphatic rings. The molecular formula is C15H18Cl2N2O5. The van der Waals surface area contributed by atoms with E-state index < -0.39 is 29.9 Å². The maximum atomic E-state index is 12.2. The fourth-order valence-electron chi connectivity index (χ4n) is 1.78. The summed E-state index contributed by atoms with van der Waals surface area (Å²) < 4.78 is 9.07. The van der Waals surface area contributed by atoms with Crippen LogP contribution < -0.4 is 10.6 Å². The lowest BCUT2D eigenvalue weighted by molar-refractivity contribution is -0.150. The van der Waals surface area contributed by atoms with Crippen molar-refractivity contribution in [3.8, 4) is 0 Å². The van der Waals surface area contributed by atoms with Crippen molar-refractivity contribution in [1.82, 2.24) is 5.32 Å². The fraction of sp³-hybridized carbons (Fsp3) is 0.400. The first-order valence-electron chi connectivity index (χ1n) is 6.95. The number of halogens is 2. The van der Waals surface area contributed by atoms with Crippen molar-refractivity contribution >= 4 is 46.7 Å². The van der Waals surface area contributed by atoms with Gasteiger partial charge in [0.15, 0.2) is 0 Å². The quantitative estimate of drug-likeness (QED) is 0.707. The zero-order valence-corrected chi connectivity index (χ0v) is 14.9. The van der Waals surface area contributed by atoms with Gasteiger partial charge in [0.2, 0.25) is 5.91 Å². The van der Waals surface area contributed by atoms with E-state index in [2.05, 4.69) is 20.1 Å². The highest BCUT2D eigenvalue weighted by atomic mass is 35.5. The van der Waals surface area contributed by atoms with Gasteiger partial charge in [-0.25, -0.2) is 4.79 Å². The van der Waals surface area contributed by atoms with Crippen LogP contribution in [0, 0.1) is 0 Å². The van der Waals surface area contributed by atoms with Crippen molar-refractivity contribution in [1.29, 1.82) is 0 Å². The maximum Gasteiger partial charge on any atom is 0.328 e. The molecule has 0 bridgehead atoms. The Morgan fingerprint density at radius 3 is 2.33 bits per heavy atom. The summed E-state index contributed by atoms with van der Waals surface area (Å²) in [4.78, 5) is 35.2. The van der Waals surface area contributed by atoms with E-state index >= 15 is 0 Å². The van der Waals surface area contributed by atoms with Crippen LogP contribution in [0.25, 0.3) is 0 Å². The molecule has 0 radical (unpaired) electrons. The second-order valence-electron chi connectivity index (χ2n) is 4.86. The second kappa shape index (κ2) is 9.34. The predicted octanol–water partition coefficient (Wildman–Crippen LogP) is 2.01. The van der Waals surface area contributed by atoms with Gasteiger partial charge in [-0.15, -0.1) is 0 Å². The molecule has 132 valence electrons. The molecule has 0 fully saturated rings. The summed E-state index contributed by atoms with van der Waals surface area (Å²) in [7, 11) is 2.35. The first kappa shape index (κ1) is 20.1. The molecule has 0 saturated heterocycles. The predicted molar refractivity (Wildman–Crippen MR) is 90.1 cm³/mol. The fourth-order valence-corrected chi connectivity index (χ4v) is 2.08. The van der Waals surface area contributed by atoms with Crippen molar-refractivity contribution in [2.75, 3.05) is 19.5 Å². The third-order valence-corrected chi connectivity index (χ3v) is 3.84. The normalized spacial score (nSPS) is 12.7.